The van der Waals surface area contributed by atoms with Crippen molar-refractivity contribution in [3.63, 3.8) is 0 Å². The molecule has 0 saturated heterocycles. The fourth-order valence-corrected chi connectivity index (χ4v) is 11.9. The highest BCUT2D eigenvalue weighted by Crippen LogP contribution is 2.52. The van der Waals surface area contributed by atoms with Crippen LogP contribution >= 0.6 is 0 Å². The summed E-state index contributed by atoms with van der Waals surface area (Å²) in [6.07, 6.45) is 0. The van der Waals surface area contributed by atoms with Crippen LogP contribution in [-0.4, -0.2) is 0 Å². The van der Waals surface area contributed by atoms with E-state index >= 15 is 0 Å². The third-order valence-electron chi connectivity index (χ3n) is 15.6. The molecule has 0 spiro atoms. The van der Waals surface area contributed by atoms with Gasteiger partial charge in [-0.2, -0.15) is 0 Å². The summed E-state index contributed by atoms with van der Waals surface area (Å²) in [4.78, 5) is 4.82. The lowest BCUT2D eigenvalue weighted by molar-refractivity contribution is 0.660. The van der Waals surface area contributed by atoms with Crippen LogP contribution in [0.15, 0.2) is 283 Å². The van der Waals surface area contributed by atoms with Gasteiger partial charge in [0, 0.05) is 55.9 Å². The lowest BCUT2D eigenvalue weighted by Crippen LogP contribution is -2.17. The Balaban J connectivity index is 0.935. The molecule has 0 atom stereocenters. The SMILES string of the molecule is CC1(C)c2ccccc2-c2ccc(N(c3ccccc3)c3cc(-c4cccc(-c5cccc(-c6cccc7c6oc6ccc8ccccc8c67)c5)c4)cc(N(c4ccccc4)c4ccc(-c5ccccc5)cc4)c3)cc21. The second-order valence-electron chi connectivity index (χ2n) is 20.5. The van der Waals surface area contributed by atoms with Crippen molar-refractivity contribution < 1.29 is 4.42 Å². The minimum Gasteiger partial charge on any atom is -0.455 e. The number of furan rings is 1. The van der Waals surface area contributed by atoms with Gasteiger partial charge in [-0.05, 0) is 157 Å². The molecule has 1 aliphatic rings. The number of hydrogen-bond donors (Lipinski definition) is 0. The van der Waals surface area contributed by atoms with Crippen LogP contribution in [0.2, 0.25) is 0 Å². The molecule has 12 aromatic carbocycles. The van der Waals surface area contributed by atoms with E-state index in [4.69, 9.17) is 4.42 Å². The molecule has 0 radical (unpaired) electrons. The quantitative estimate of drug-likeness (QED) is 0.136. The van der Waals surface area contributed by atoms with E-state index in [1.807, 2.05) is 0 Å². The molecule has 1 aliphatic carbocycles. The monoisotopic (exact) mass is 972 g/mol. The average molecular weight is 973 g/mol. The molecule has 0 fully saturated rings. The van der Waals surface area contributed by atoms with Gasteiger partial charge in [0.15, 0.2) is 0 Å². The van der Waals surface area contributed by atoms with Gasteiger partial charge in [-0.15, -0.1) is 0 Å². The Hall–Kier alpha value is -9.70. The normalized spacial score (nSPS) is 12.4. The summed E-state index contributed by atoms with van der Waals surface area (Å²) < 4.78 is 6.72. The molecular formula is C73H52N2O. The Kier molecular flexibility index (Phi) is 10.9. The van der Waals surface area contributed by atoms with Gasteiger partial charge in [0.1, 0.15) is 11.2 Å². The highest BCUT2D eigenvalue weighted by Gasteiger charge is 2.36. The smallest absolute Gasteiger partial charge is 0.143 e. The first-order chi connectivity index (χ1) is 37.4. The standard InChI is InChI=1S/C73H52N2O/c1-73(2)68-34-15-14-31-65(68)66-41-40-60(48-69(66)73)75(58-28-10-5-11-29-58)62-46-56(45-61(47-62)74(57-26-8-4-9-27-57)59-38-35-50(36-39-59)49-19-6-3-7-20-49)54-24-16-22-52(43-54)53-23-17-25-55(44-53)64-32-18-33-67-71-63-30-13-12-21-51(63)37-42-70(71)76-72(64)67/h3-48H,1-2H3. The zero-order chi connectivity index (χ0) is 50.7. The zero-order valence-electron chi connectivity index (χ0n) is 42.4. The van der Waals surface area contributed by atoms with Crippen LogP contribution in [0.4, 0.5) is 34.1 Å². The molecule has 0 bridgehead atoms. The van der Waals surface area contributed by atoms with Gasteiger partial charge in [-0.1, -0.05) is 208 Å². The van der Waals surface area contributed by atoms with E-state index in [-0.39, 0.29) is 5.41 Å². The Labute approximate surface area is 443 Å². The summed E-state index contributed by atoms with van der Waals surface area (Å²) in [5.41, 5.74) is 22.4. The number of para-hydroxylation sites is 3. The molecule has 3 nitrogen and oxygen atoms in total. The minimum atomic E-state index is -0.168. The Morgan fingerprint density at radius 1 is 0.289 bits per heavy atom. The maximum atomic E-state index is 6.72. The van der Waals surface area contributed by atoms with Gasteiger partial charge in [0.05, 0.1) is 0 Å². The summed E-state index contributed by atoms with van der Waals surface area (Å²) >= 11 is 0. The van der Waals surface area contributed by atoms with Gasteiger partial charge in [0.2, 0.25) is 0 Å². The van der Waals surface area contributed by atoms with Gasteiger partial charge in [-0.25, -0.2) is 0 Å². The van der Waals surface area contributed by atoms with Crippen molar-refractivity contribution in [2.75, 3.05) is 9.80 Å². The summed E-state index contributed by atoms with van der Waals surface area (Å²) in [6, 6.07) is 101. The molecule has 360 valence electrons. The highest BCUT2D eigenvalue weighted by molar-refractivity contribution is 6.20. The van der Waals surface area contributed by atoms with Crippen molar-refractivity contribution in [3.05, 3.63) is 290 Å². The van der Waals surface area contributed by atoms with E-state index in [9.17, 15) is 0 Å². The first kappa shape index (κ1) is 45.0. The van der Waals surface area contributed by atoms with E-state index in [2.05, 4.69) is 303 Å². The maximum Gasteiger partial charge on any atom is 0.143 e. The van der Waals surface area contributed by atoms with Gasteiger partial charge < -0.3 is 14.2 Å². The van der Waals surface area contributed by atoms with Gasteiger partial charge in [-0.3, -0.25) is 0 Å². The molecule has 0 unspecified atom stereocenters. The number of benzene rings is 12. The molecule has 1 aromatic heterocycles. The second kappa shape index (κ2) is 18.3. The first-order valence-electron chi connectivity index (χ1n) is 26.2. The van der Waals surface area contributed by atoms with Gasteiger partial charge >= 0.3 is 0 Å². The Bertz CT molecular complexity index is 4310. The lowest BCUT2D eigenvalue weighted by Gasteiger charge is -2.31. The molecule has 76 heavy (non-hydrogen) atoms. The third kappa shape index (κ3) is 7.75. The molecule has 14 rings (SSSR count). The van der Waals surface area contributed by atoms with Crippen LogP contribution in [0, 0.1) is 0 Å². The largest absolute Gasteiger partial charge is 0.455 e. The molecule has 13 aromatic rings. The molecule has 0 aliphatic heterocycles. The molecule has 0 saturated carbocycles. The molecule has 3 heteroatoms. The van der Waals surface area contributed by atoms with Crippen molar-refractivity contribution in [1.82, 2.24) is 0 Å². The molecule has 0 N–H and O–H groups in total. The van der Waals surface area contributed by atoms with Crippen molar-refractivity contribution in [2.24, 2.45) is 0 Å². The highest BCUT2D eigenvalue weighted by atomic mass is 16.3. The number of nitrogens with zero attached hydrogens (tertiary/aromatic N) is 2. The van der Waals surface area contributed by atoms with Crippen LogP contribution in [-0.2, 0) is 5.41 Å². The maximum absolute atomic E-state index is 6.72. The van der Waals surface area contributed by atoms with E-state index in [0.717, 1.165) is 89.4 Å². The fourth-order valence-electron chi connectivity index (χ4n) is 11.9. The van der Waals surface area contributed by atoms with Crippen molar-refractivity contribution in [3.8, 4) is 55.6 Å². The predicted molar refractivity (Wildman–Crippen MR) is 320 cm³/mol. The fraction of sp³-hybridized carbons (Fsp3) is 0.0411. The number of hydrogen-bond acceptors (Lipinski definition) is 3. The van der Waals surface area contributed by atoms with Gasteiger partial charge in [0.25, 0.3) is 0 Å². The third-order valence-corrected chi connectivity index (χ3v) is 15.6. The van der Waals surface area contributed by atoms with E-state index < -0.39 is 0 Å². The van der Waals surface area contributed by atoms with Crippen LogP contribution in [0.25, 0.3) is 88.3 Å². The van der Waals surface area contributed by atoms with Crippen LogP contribution in [0.3, 0.4) is 0 Å². The predicted octanol–water partition coefficient (Wildman–Crippen LogP) is 20.7. The summed E-state index contributed by atoms with van der Waals surface area (Å²) in [5.74, 6) is 0. The van der Waals surface area contributed by atoms with Crippen molar-refractivity contribution >= 4 is 66.8 Å². The summed E-state index contributed by atoms with van der Waals surface area (Å²) in [7, 11) is 0. The Morgan fingerprint density at radius 3 is 1.51 bits per heavy atom. The number of anilines is 6. The average Bonchev–Trinajstić information content (AvgIpc) is 4.06. The van der Waals surface area contributed by atoms with E-state index in [1.54, 1.807) is 0 Å². The van der Waals surface area contributed by atoms with Crippen LogP contribution in [0.5, 0.6) is 0 Å². The Morgan fingerprint density at radius 2 is 0.789 bits per heavy atom. The minimum absolute atomic E-state index is 0.168. The number of fused-ring (bicyclic) bond motifs is 8. The van der Waals surface area contributed by atoms with Crippen LogP contribution in [0.1, 0.15) is 25.0 Å². The molecule has 1 heterocycles. The van der Waals surface area contributed by atoms with E-state index in [0.29, 0.717) is 0 Å². The molecule has 0 amide bonds. The second-order valence-corrected chi connectivity index (χ2v) is 20.5. The topological polar surface area (TPSA) is 19.6 Å². The van der Waals surface area contributed by atoms with Crippen molar-refractivity contribution in [2.45, 2.75) is 19.3 Å². The van der Waals surface area contributed by atoms with E-state index in [1.165, 1.54) is 44.2 Å². The lowest BCUT2D eigenvalue weighted by atomic mass is 9.82. The molecular weight excluding hydrogens is 921 g/mol. The zero-order valence-corrected chi connectivity index (χ0v) is 42.4. The summed E-state index contributed by atoms with van der Waals surface area (Å²) in [5, 5.41) is 4.70. The van der Waals surface area contributed by atoms with Crippen molar-refractivity contribution in [1.29, 1.82) is 0 Å². The number of rotatable bonds is 10. The first-order valence-corrected chi connectivity index (χ1v) is 26.2. The summed E-state index contributed by atoms with van der Waals surface area (Å²) in [6.45, 7) is 4.72. The van der Waals surface area contributed by atoms with Crippen LogP contribution < -0.4 is 9.80 Å².